The summed E-state index contributed by atoms with van der Waals surface area (Å²) in [7, 11) is 0. The molecule has 9 heteroatoms. The number of phenols is 1. The quantitative estimate of drug-likeness (QED) is 0.457. The summed E-state index contributed by atoms with van der Waals surface area (Å²) < 4.78 is 0. The highest BCUT2D eigenvalue weighted by molar-refractivity contribution is 5.91. The van der Waals surface area contributed by atoms with Crippen LogP contribution in [-0.2, 0) is 4.79 Å². The second-order valence-corrected chi connectivity index (χ2v) is 3.73. The zero-order chi connectivity index (χ0) is 15.1. The van der Waals surface area contributed by atoms with E-state index in [0.717, 1.165) is 6.08 Å². The van der Waals surface area contributed by atoms with Crippen LogP contribution in [0.15, 0.2) is 24.4 Å². The minimum Gasteiger partial charge on any atom is -0.507 e. The lowest BCUT2D eigenvalue weighted by molar-refractivity contribution is -0.478. The monoisotopic (exact) mass is 281 g/mol. The van der Waals surface area contributed by atoms with Gasteiger partial charge in [0.25, 0.3) is 0 Å². The topological polar surface area (TPSA) is 136 Å². The first kappa shape index (κ1) is 15.1. The summed E-state index contributed by atoms with van der Waals surface area (Å²) in [6, 6.07) is 3.95. The highest BCUT2D eigenvalue weighted by atomic mass is 16.6. The van der Waals surface area contributed by atoms with Crippen LogP contribution in [-0.4, -0.2) is 27.4 Å². The van der Waals surface area contributed by atoms with Gasteiger partial charge >= 0.3 is 0 Å². The van der Waals surface area contributed by atoms with Crippen molar-refractivity contribution in [1.29, 1.82) is 0 Å². The maximum absolute atomic E-state index is 11.4. The molecule has 9 nitrogen and oxygen atoms in total. The Morgan fingerprint density at radius 2 is 2.05 bits per heavy atom. The van der Waals surface area contributed by atoms with Gasteiger partial charge < -0.3 is 10.4 Å². The number of benzene rings is 1. The van der Waals surface area contributed by atoms with Crippen molar-refractivity contribution in [2.45, 2.75) is 6.42 Å². The summed E-state index contributed by atoms with van der Waals surface area (Å²) in [4.78, 5) is 30.4. The van der Waals surface area contributed by atoms with Crippen molar-refractivity contribution in [2.24, 2.45) is 0 Å². The van der Waals surface area contributed by atoms with Crippen molar-refractivity contribution in [1.82, 2.24) is 0 Å². The number of hydrogen-bond acceptors (Lipinski definition) is 6. The van der Waals surface area contributed by atoms with Gasteiger partial charge in [0.1, 0.15) is 5.75 Å². The predicted molar refractivity (Wildman–Crippen MR) is 69.2 cm³/mol. The average Bonchev–Trinajstić information content (AvgIpc) is 2.37. The van der Waals surface area contributed by atoms with Crippen molar-refractivity contribution in [3.63, 3.8) is 0 Å². The van der Waals surface area contributed by atoms with Gasteiger partial charge in [-0.05, 0) is 18.2 Å². The van der Waals surface area contributed by atoms with Gasteiger partial charge in [0.2, 0.25) is 18.7 Å². The molecule has 106 valence electrons. The highest BCUT2D eigenvalue weighted by Crippen LogP contribution is 2.22. The van der Waals surface area contributed by atoms with E-state index in [1.54, 1.807) is 0 Å². The van der Waals surface area contributed by atoms with Crippen LogP contribution >= 0.6 is 0 Å². The van der Waals surface area contributed by atoms with E-state index in [1.807, 2.05) is 0 Å². The Labute approximate surface area is 112 Å². The summed E-state index contributed by atoms with van der Waals surface area (Å²) in [6.45, 7) is -0.488. The minimum atomic E-state index is -0.693. The van der Waals surface area contributed by atoms with Crippen LogP contribution in [0.4, 0.5) is 5.69 Å². The summed E-state index contributed by atoms with van der Waals surface area (Å²) in [5, 5.41) is 32.2. The number of nitrogens with zero attached hydrogens (tertiary/aromatic N) is 2. The van der Waals surface area contributed by atoms with Gasteiger partial charge in [0.05, 0.1) is 11.3 Å². The average molecular weight is 281 g/mol. The van der Waals surface area contributed by atoms with E-state index in [1.165, 1.54) is 18.2 Å². The van der Waals surface area contributed by atoms with Crippen molar-refractivity contribution in [2.75, 3.05) is 11.9 Å². The van der Waals surface area contributed by atoms with Gasteiger partial charge in [-0.2, -0.15) is 0 Å². The first-order valence-corrected chi connectivity index (χ1v) is 5.45. The fourth-order valence-electron chi connectivity index (χ4n) is 1.32. The molecule has 0 bridgehead atoms. The molecule has 0 aliphatic rings. The molecular formula is C11H11N3O6. The zero-order valence-electron chi connectivity index (χ0n) is 10.2. The summed E-state index contributed by atoms with van der Waals surface area (Å²) in [6.07, 6.45) is 1.43. The third-order valence-corrected chi connectivity index (χ3v) is 2.21. The number of aromatic hydroxyl groups is 1. The fraction of sp³-hybridized carbons (Fsp3) is 0.182. The molecule has 0 unspecified atom stereocenters. The number of carbonyl (C=O) groups is 1. The number of nitrogens with one attached hydrogen (secondary N) is 1. The second kappa shape index (κ2) is 6.83. The number of carbonyl (C=O) groups excluding carboxylic acids is 1. The van der Waals surface area contributed by atoms with Gasteiger partial charge in [0, 0.05) is 22.3 Å². The molecule has 1 amide bonds. The SMILES string of the molecule is O=C(CC[N+](=O)[O-])Nc1ccc(O)c(/C=C/[N+](=O)[O-])c1. The third-order valence-electron chi connectivity index (χ3n) is 2.21. The van der Waals surface area contributed by atoms with Crippen molar-refractivity contribution in [3.8, 4) is 5.75 Å². The molecular weight excluding hydrogens is 270 g/mol. The van der Waals surface area contributed by atoms with Crippen molar-refractivity contribution in [3.05, 3.63) is 50.2 Å². The van der Waals surface area contributed by atoms with Gasteiger partial charge in [-0.15, -0.1) is 0 Å². The van der Waals surface area contributed by atoms with E-state index in [2.05, 4.69) is 5.32 Å². The minimum absolute atomic E-state index is 0.147. The Morgan fingerprint density at radius 1 is 1.35 bits per heavy atom. The van der Waals surface area contributed by atoms with E-state index in [4.69, 9.17) is 0 Å². The van der Waals surface area contributed by atoms with E-state index in [-0.39, 0.29) is 23.4 Å². The molecule has 0 fully saturated rings. The lowest BCUT2D eigenvalue weighted by atomic mass is 10.1. The summed E-state index contributed by atoms with van der Waals surface area (Å²) in [5.41, 5.74) is 0.424. The zero-order valence-corrected chi connectivity index (χ0v) is 10.2. The van der Waals surface area contributed by atoms with Crippen LogP contribution in [0.1, 0.15) is 12.0 Å². The Bertz CT molecular complexity index is 569. The number of phenolic OH excluding ortho intramolecular Hbond substituents is 1. The first-order valence-electron chi connectivity index (χ1n) is 5.45. The number of nitro groups is 2. The molecule has 0 saturated carbocycles. The number of anilines is 1. The smallest absolute Gasteiger partial charge is 0.235 e. The molecule has 1 rings (SSSR count). The van der Waals surface area contributed by atoms with Crippen LogP contribution in [0, 0.1) is 20.2 Å². The second-order valence-electron chi connectivity index (χ2n) is 3.73. The Kier molecular flexibility index (Phi) is 5.15. The van der Waals surface area contributed by atoms with Gasteiger partial charge in [0.15, 0.2) is 0 Å². The first-order chi connectivity index (χ1) is 9.38. The third kappa shape index (κ3) is 5.12. The van der Waals surface area contributed by atoms with E-state index >= 15 is 0 Å². The predicted octanol–water partition coefficient (Wildman–Crippen LogP) is 1.24. The largest absolute Gasteiger partial charge is 0.507 e. The van der Waals surface area contributed by atoms with E-state index < -0.39 is 22.3 Å². The maximum atomic E-state index is 11.4. The number of hydrogen-bond donors (Lipinski definition) is 2. The van der Waals surface area contributed by atoms with Crippen LogP contribution in [0.5, 0.6) is 5.75 Å². The summed E-state index contributed by atoms with van der Waals surface area (Å²) >= 11 is 0. The van der Waals surface area contributed by atoms with Crippen LogP contribution < -0.4 is 5.32 Å². The van der Waals surface area contributed by atoms with Gasteiger partial charge in [-0.1, -0.05) is 0 Å². The molecule has 2 N–H and O–H groups in total. The van der Waals surface area contributed by atoms with Crippen LogP contribution in [0.2, 0.25) is 0 Å². The van der Waals surface area contributed by atoms with E-state index in [0.29, 0.717) is 6.20 Å². The Morgan fingerprint density at radius 3 is 2.65 bits per heavy atom. The molecule has 0 heterocycles. The fourth-order valence-corrected chi connectivity index (χ4v) is 1.32. The lowest BCUT2D eigenvalue weighted by Crippen LogP contribution is -2.16. The van der Waals surface area contributed by atoms with Crippen LogP contribution in [0.3, 0.4) is 0 Å². The molecule has 0 aromatic heterocycles. The normalized spacial score (nSPS) is 10.4. The molecule has 0 radical (unpaired) electrons. The molecule has 0 aliphatic heterocycles. The van der Waals surface area contributed by atoms with Crippen molar-refractivity contribution >= 4 is 17.7 Å². The molecule has 0 spiro atoms. The number of amides is 1. The van der Waals surface area contributed by atoms with Gasteiger partial charge in [-0.3, -0.25) is 25.0 Å². The molecule has 0 atom stereocenters. The molecule has 0 saturated heterocycles. The molecule has 20 heavy (non-hydrogen) atoms. The van der Waals surface area contributed by atoms with Crippen molar-refractivity contribution < 1.29 is 19.7 Å². The highest BCUT2D eigenvalue weighted by Gasteiger charge is 2.08. The maximum Gasteiger partial charge on any atom is 0.235 e. The molecule has 1 aromatic rings. The molecule has 1 aromatic carbocycles. The molecule has 0 aliphatic carbocycles. The Hall–Kier alpha value is -2.97. The van der Waals surface area contributed by atoms with Crippen LogP contribution in [0.25, 0.3) is 6.08 Å². The number of rotatable bonds is 6. The van der Waals surface area contributed by atoms with Gasteiger partial charge in [-0.25, -0.2) is 0 Å². The Balaban J connectivity index is 2.77. The lowest BCUT2D eigenvalue weighted by Gasteiger charge is -2.05. The van der Waals surface area contributed by atoms with E-state index in [9.17, 15) is 30.1 Å². The summed E-state index contributed by atoms with van der Waals surface area (Å²) in [5.74, 6) is -0.747. The standard InChI is InChI=1S/C11H11N3O6/c15-10-2-1-9(7-8(10)3-5-13(17)18)12-11(16)4-6-14(19)20/h1-3,5,7,15H,4,6H2,(H,12,16)/b5-3+.